The molecule has 0 amide bonds. The summed E-state index contributed by atoms with van der Waals surface area (Å²) >= 11 is 0. The standard InChI is InChI=1S/C16H20N4O/c1-2-10-21-12-8-6-11(7-9-12)15-18-14-5-3-4-13(14)16(19-15)20-17/h6-9H,2-5,10,17H2,1H3,(H,18,19,20). The fourth-order valence-corrected chi connectivity index (χ4v) is 2.60. The molecule has 1 aromatic heterocycles. The Morgan fingerprint density at radius 2 is 2.00 bits per heavy atom. The van der Waals surface area contributed by atoms with Crippen molar-refractivity contribution in [3.8, 4) is 17.1 Å². The minimum atomic E-state index is 0.714. The summed E-state index contributed by atoms with van der Waals surface area (Å²) in [6, 6.07) is 7.89. The molecule has 0 bridgehead atoms. The van der Waals surface area contributed by atoms with Gasteiger partial charge in [-0.05, 0) is 49.9 Å². The Hall–Kier alpha value is -2.14. The van der Waals surface area contributed by atoms with Crippen LogP contribution in [0.25, 0.3) is 11.4 Å². The van der Waals surface area contributed by atoms with Crippen LogP contribution in [0.4, 0.5) is 5.82 Å². The number of nitrogens with two attached hydrogens (primary N) is 1. The lowest BCUT2D eigenvalue weighted by molar-refractivity contribution is 0.317. The van der Waals surface area contributed by atoms with Gasteiger partial charge in [-0.15, -0.1) is 0 Å². The van der Waals surface area contributed by atoms with E-state index in [0.29, 0.717) is 5.82 Å². The van der Waals surface area contributed by atoms with Crippen molar-refractivity contribution in [2.45, 2.75) is 32.6 Å². The molecule has 0 unspecified atom stereocenters. The number of benzene rings is 1. The number of nitrogens with one attached hydrogen (secondary N) is 1. The predicted octanol–water partition coefficient (Wildman–Crippen LogP) is 2.71. The molecule has 1 aliphatic rings. The van der Waals surface area contributed by atoms with E-state index in [9.17, 15) is 0 Å². The molecule has 0 saturated heterocycles. The smallest absolute Gasteiger partial charge is 0.161 e. The van der Waals surface area contributed by atoms with Crippen LogP contribution in [0.1, 0.15) is 31.0 Å². The van der Waals surface area contributed by atoms with Gasteiger partial charge >= 0.3 is 0 Å². The van der Waals surface area contributed by atoms with Crippen molar-refractivity contribution in [2.75, 3.05) is 12.0 Å². The third-order valence-corrected chi connectivity index (χ3v) is 3.66. The van der Waals surface area contributed by atoms with Gasteiger partial charge in [0.25, 0.3) is 0 Å². The van der Waals surface area contributed by atoms with Crippen LogP contribution < -0.4 is 16.0 Å². The number of rotatable bonds is 5. The fourth-order valence-electron chi connectivity index (χ4n) is 2.60. The first kappa shape index (κ1) is 13.8. The molecule has 5 heteroatoms. The summed E-state index contributed by atoms with van der Waals surface area (Å²) in [5.74, 6) is 7.93. The van der Waals surface area contributed by atoms with Gasteiger partial charge in [-0.25, -0.2) is 15.8 Å². The second-order valence-electron chi connectivity index (χ2n) is 5.19. The maximum absolute atomic E-state index is 5.59. The van der Waals surface area contributed by atoms with Crippen LogP contribution >= 0.6 is 0 Å². The van der Waals surface area contributed by atoms with Gasteiger partial charge in [-0.1, -0.05) is 6.92 Å². The quantitative estimate of drug-likeness (QED) is 0.652. The highest BCUT2D eigenvalue weighted by molar-refractivity contribution is 5.61. The number of nitrogens with zero attached hydrogens (tertiary/aromatic N) is 2. The molecule has 5 nitrogen and oxygen atoms in total. The van der Waals surface area contributed by atoms with Gasteiger partial charge in [0.1, 0.15) is 11.6 Å². The van der Waals surface area contributed by atoms with E-state index in [1.54, 1.807) is 0 Å². The van der Waals surface area contributed by atoms with Crippen molar-refractivity contribution < 1.29 is 4.74 Å². The van der Waals surface area contributed by atoms with E-state index >= 15 is 0 Å². The van der Waals surface area contributed by atoms with Crippen LogP contribution in [0, 0.1) is 0 Å². The third-order valence-electron chi connectivity index (χ3n) is 3.66. The number of anilines is 1. The minimum Gasteiger partial charge on any atom is -0.494 e. The summed E-state index contributed by atoms with van der Waals surface area (Å²) in [7, 11) is 0. The molecule has 1 heterocycles. The number of hydrazine groups is 1. The topological polar surface area (TPSA) is 73.1 Å². The van der Waals surface area contributed by atoms with E-state index in [1.807, 2.05) is 24.3 Å². The molecule has 1 aliphatic carbocycles. The van der Waals surface area contributed by atoms with Gasteiger partial charge < -0.3 is 10.2 Å². The summed E-state index contributed by atoms with van der Waals surface area (Å²) in [4.78, 5) is 9.21. The first-order valence-electron chi connectivity index (χ1n) is 7.41. The first-order chi connectivity index (χ1) is 10.3. The van der Waals surface area contributed by atoms with E-state index < -0.39 is 0 Å². The third kappa shape index (κ3) is 2.83. The molecule has 110 valence electrons. The van der Waals surface area contributed by atoms with E-state index in [1.165, 1.54) is 0 Å². The van der Waals surface area contributed by atoms with Crippen molar-refractivity contribution in [3.63, 3.8) is 0 Å². The average Bonchev–Trinajstić information content (AvgIpc) is 3.01. The number of ether oxygens (including phenoxy) is 1. The molecule has 0 atom stereocenters. The van der Waals surface area contributed by atoms with Crippen molar-refractivity contribution in [2.24, 2.45) is 5.84 Å². The predicted molar refractivity (Wildman–Crippen MR) is 83.1 cm³/mol. The lowest BCUT2D eigenvalue weighted by Crippen LogP contribution is -2.12. The molecule has 3 rings (SSSR count). The highest BCUT2D eigenvalue weighted by atomic mass is 16.5. The molecular weight excluding hydrogens is 264 g/mol. The molecule has 0 fully saturated rings. The van der Waals surface area contributed by atoms with Crippen molar-refractivity contribution in [1.82, 2.24) is 9.97 Å². The van der Waals surface area contributed by atoms with Crippen LogP contribution in [-0.2, 0) is 12.8 Å². The Kier molecular flexibility index (Phi) is 4.01. The SMILES string of the molecule is CCCOc1ccc(-c2nc3c(c(NN)n2)CCC3)cc1. The van der Waals surface area contributed by atoms with Crippen LogP contribution in [0.15, 0.2) is 24.3 Å². The van der Waals surface area contributed by atoms with Crippen LogP contribution in [0.5, 0.6) is 5.75 Å². The lowest BCUT2D eigenvalue weighted by Gasteiger charge is -2.10. The maximum Gasteiger partial charge on any atom is 0.161 e. The molecular formula is C16H20N4O. The average molecular weight is 284 g/mol. The molecule has 0 spiro atoms. The van der Waals surface area contributed by atoms with Crippen molar-refractivity contribution >= 4 is 5.82 Å². The first-order valence-corrected chi connectivity index (χ1v) is 7.41. The number of hydrogen-bond donors (Lipinski definition) is 2. The Morgan fingerprint density at radius 3 is 2.71 bits per heavy atom. The number of aromatic nitrogens is 2. The summed E-state index contributed by atoms with van der Waals surface area (Å²) in [6.07, 6.45) is 4.11. The Bertz CT molecular complexity index is 625. The summed E-state index contributed by atoms with van der Waals surface area (Å²) < 4.78 is 5.59. The highest BCUT2D eigenvalue weighted by Crippen LogP contribution is 2.29. The van der Waals surface area contributed by atoms with E-state index in [2.05, 4.69) is 22.3 Å². The largest absolute Gasteiger partial charge is 0.494 e. The van der Waals surface area contributed by atoms with Gasteiger partial charge in [0.2, 0.25) is 0 Å². The molecule has 21 heavy (non-hydrogen) atoms. The number of aryl methyl sites for hydroxylation is 1. The van der Waals surface area contributed by atoms with Gasteiger partial charge in [0, 0.05) is 16.8 Å². The summed E-state index contributed by atoms with van der Waals surface area (Å²) in [5.41, 5.74) is 5.94. The number of fused-ring (bicyclic) bond motifs is 1. The van der Waals surface area contributed by atoms with Gasteiger partial charge in [0.05, 0.1) is 6.61 Å². The molecule has 0 aliphatic heterocycles. The zero-order valence-electron chi connectivity index (χ0n) is 12.2. The van der Waals surface area contributed by atoms with Crippen LogP contribution in [0.2, 0.25) is 0 Å². The molecule has 0 saturated carbocycles. The van der Waals surface area contributed by atoms with Crippen LogP contribution in [-0.4, -0.2) is 16.6 Å². The van der Waals surface area contributed by atoms with Gasteiger partial charge in [0.15, 0.2) is 5.82 Å². The monoisotopic (exact) mass is 284 g/mol. The van der Waals surface area contributed by atoms with Crippen molar-refractivity contribution in [3.05, 3.63) is 35.5 Å². The Morgan fingerprint density at radius 1 is 1.19 bits per heavy atom. The minimum absolute atomic E-state index is 0.714. The van der Waals surface area contributed by atoms with E-state index in [-0.39, 0.29) is 0 Å². The Labute approximate surface area is 124 Å². The fraction of sp³-hybridized carbons (Fsp3) is 0.375. The zero-order valence-corrected chi connectivity index (χ0v) is 12.2. The molecule has 1 aromatic carbocycles. The molecule has 2 aromatic rings. The molecule has 0 radical (unpaired) electrons. The number of hydrogen-bond acceptors (Lipinski definition) is 5. The second-order valence-corrected chi connectivity index (χ2v) is 5.19. The summed E-state index contributed by atoms with van der Waals surface area (Å²) in [5, 5.41) is 0. The highest BCUT2D eigenvalue weighted by Gasteiger charge is 2.19. The van der Waals surface area contributed by atoms with Crippen molar-refractivity contribution in [1.29, 1.82) is 0 Å². The van der Waals surface area contributed by atoms with Gasteiger partial charge in [-0.2, -0.15) is 0 Å². The summed E-state index contributed by atoms with van der Waals surface area (Å²) in [6.45, 7) is 2.82. The van der Waals surface area contributed by atoms with E-state index in [0.717, 1.165) is 60.7 Å². The second kappa shape index (κ2) is 6.10. The van der Waals surface area contributed by atoms with Crippen LogP contribution in [0.3, 0.4) is 0 Å². The van der Waals surface area contributed by atoms with E-state index in [4.69, 9.17) is 10.6 Å². The zero-order chi connectivity index (χ0) is 14.7. The maximum atomic E-state index is 5.59. The normalized spacial score (nSPS) is 13.0. The Balaban J connectivity index is 1.90. The lowest BCUT2D eigenvalue weighted by atomic mass is 10.2. The molecule has 3 N–H and O–H groups in total. The number of nitrogen functional groups attached to an aromatic ring is 1. The van der Waals surface area contributed by atoms with Gasteiger partial charge in [-0.3, -0.25) is 0 Å².